The number of anilines is 1. The first kappa shape index (κ1) is 13.8. The zero-order valence-electron chi connectivity index (χ0n) is 12.1. The summed E-state index contributed by atoms with van der Waals surface area (Å²) >= 11 is 0. The normalized spacial score (nSPS) is 20.6. The van der Waals surface area contributed by atoms with Gasteiger partial charge in [-0.2, -0.15) is 5.26 Å². The second-order valence-electron chi connectivity index (χ2n) is 5.76. The molecule has 0 radical (unpaired) electrons. The standard InChI is InChI=1S/C15H18N4O2/c1-21-12-6-13(18-9-11(12)8-16)19-10-15(7-14(19)20)2-4-17-5-3-15/h6,9,17H,2-5,7,10H2,1H3. The summed E-state index contributed by atoms with van der Waals surface area (Å²) in [4.78, 5) is 18.3. The molecule has 2 aliphatic heterocycles. The van der Waals surface area contributed by atoms with Gasteiger partial charge < -0.3 is 10.1 Å². The molecule has 1 spiro atoms. The Labute approximate surface area is 123 Å². The van der Waals surface area contributed by atoms with Gasteiger partial charge >= 0.3 is 0 Å². The van der Waals surface area contributed by atoms with Gasteiger partial charge in [-0.15, -0.1) is 0 Å². The molecular formula is C15H18N4O2. The number of pyridine rings is 1. The molecule has 3 heterocycles. The van der Waals surface area contributed by atoms with Crippen LogP contribution in [0.25, 0.3) is 0 Å². The summed E-state index contributed by atoms with van der Waals surface area (Å²) < 4.78 is 5.20. The van der Waals surface area contributed by atoms with Gasteiger partial charge in [-0.3, -0.25) is 9.69 Å². The van der Waals surface area contributed by atoms with Crippen molar-refractivity contribution >= 4 is 11.7 Å². The zero-order valence-corrected chi connectivity index (χ0v) is 12.1. The average molecular weight is 286 g/mol. The van der Waals surface area contributed by atoms with E-state index in [4.69, 9.17) is 10.00 Å². The summed E-state index contributed by atoms with van der Waals surface area (Å²) in [7, 11) is 1.51. The molecule has 1 aromatic heterocycles. The van der Waals surface area contributed by atoms with Crippen molar-refractivity contribution in [3.63, 3.8) is 0 Å². The Hall–Kier alpha value is -2.13. The molecule has 1 N–H and O–H groups in total. The van der Waals surface area contributed by atoms with Crippen molar-refractivity contribution in [2.45, 2.75) is 19.3 Å². The molecule has 0 atom stereocenters. The number of carbonyl (C=O) groups excluding carboxylic acids is 1. The predicted molar refractivity (Wildman–Crippen MR) is 77.0 cm³/mol. The van der Waals surface area contributed by atoms with Crippen LogP contribution in [-0.2, 0) is 4.79 Å². The molecule has 1 amide bonds. The number of piperidine rings is 1. The maximum atomic E-state index is 12.4. The molecule has 0 aromatic carbocycles. The van der Waals surface area contributed by atoms with Crippen molar-refractivity contribution in [1.82, 2.24) is 10.3 Å². The maximum Gasteiger partial charge on any atom is 0.228 e. The van der Waals surface area contributed by atoms with Crippen LogP contribution in [0.15, 0.2) is 12.3 Å². The van der Waals surface area contributed by atoms with Crippen molar-refractivity contribution in [3.8, 4) is 11.8 Å². The van der Waals surface area contributed by atoms with E-state index in [-0.39, 0.29) is 11.3 Å². The highest BCUT2D eigenvalue weighted by Gasteiger charge is 2.44. The van der Waals surface area contributed by atoms with Crippen LogP contribution in [0, 0.1) is 16.7 Å². The monoisotopic (exact) mass is 286 g/mol. The summed E-state index contributed by atoms with van der Waals surface area (Å²) in [5, 5.41) is 12.3. The van der Waals surface area contributed by atoms with Gasteiger partial charge in [0, 0.05) is 19.0 Å². The number of rotatable bonds is 2. The highest BCUT2D eigenvalue weighted by Crippen LogP contribution is 2.41. The van der Waals surface area contributed by atoms with E-state index >= 15 is 0 Å². The number of carbonyl (C=O) groups is 1. The third-order valence-electron chi connectivity index (χ3n) is 4.45. The first-order valence-electron chi connectivity index (χ1n) is 7.13. The van der Waals surface area contributed by atoms with Crippen LogP contribution in [0.3, 0.4) is 0 Å². The van der Waals surface area contributed by atoms with E-state index in [1.807, 2.05) is 6.07 Å². The molecule has 2 fully saturated rings. The summed E-state index contributed by atoms with van der Waals surface area (Å²) in [5.74, 6) is 1.14. The average Bonchev–Trinajstić information content (AvgIpc) is 2.83. The molecule has 0 aliphatic carbocycles. The Kier molecular flexibility index (Phi) is 3.52. The number of methoxy groups -OCH3 is 1. The maximum absolute atomic E-state index is 12.4. The first-order valence-corrected chi connectivity index (χ1v) is 7.13. The number of ether oxygens (including phenoxy) is 1. The lowest BCUT2D eigenvalue weighted by atomic mass is 9.78. The molecule has 110 valence electrons. The lowest BCUT2D eigenvalue weighted by Crippen LogP contribution is -2.38. The van der Waals surface area contributed by atoms with Crippen molar-refractivity contribution in [3.05, 3.63) is 17.8 Å². The van der Waals surface area contributed by atoms with Crippen molar-refractivity contribution in [2.75, 3.05) is 31.6 Å². The Balaban J connectivity index is 1.87. The van der Waals surface area contributed by atoms with Gasteiger partial charge in [0.25, 0.3) is 0 Å². The van der Waals surface area contributed by atoms with Gasteiger partial charge in [-0.1, -0.05) is 0 Å². The summed E-state index contributed by atoms with van der Waals surface area (Å²) in [6.45, 7) is 2.63. The molecule has 1 aromatic rings. The zero-order chi connectivity index (χ0) is 14.9. The number of nitrogens with one attached hydrogen (secondary N) is 1. The van der Waals surface area contributed by atoms with Crippen molar-refractivity contribution in [2.24, 2.45) is 5.41 Å². The van der Waals surface area contributed by atoms with Crippen molar-refractivity contribution in [1.29, 1.82) is 5.26 Å². The van der Waals surface area contributed by atoms with Crippen LogP contribution >= 0.6 is 0 Å². The predicted octanol–water partition coefficient (Wildman–Crippen LogP) is 1.07. The van der Waals surface area contributed by atoms with Gasteiger partial charge in [-0.25, -0.2) is 4.98 Å². The fourth-order valence-electron chi connectivity index (χ4n) is 3.22. The van der Waals surface area contributed by atoms with E-state index in [2.05, 4.69) is 10.3 Å². The van der Waals surface area contributed by atoms with Crippen LogP contribution in [0.2, 0.25) is 0 Å². The Morgan fingerprint density at radius 2 is 2.24 bits per heavy atom. The van der Waals surface area contributed by atoms with Gasteiger partial charge in [0.2, 0.25) is 5.91 Å². The topological polar surface area (TPSA) is 78.2 Å². The Bertz CT molecular complexity index is 602. The third-order valence-corrected chi connectivity index (χ3v) is 4.45. The Morgan fingerprint density at radius 3 is 2.90 bits per heavy atom. The highest BCUT2D eigenvalue weighted by atomic mass is 16.5. The number of amides is 1. The highest BCUT2D eigenvalue weighted by molar-refractivity contribution is 5.95. The molecule has 2 saturated heterocycles. The molecule has 3 rings (SSSR count). The number of nitriles is 1. The summed E-state index contributed by atoms with van der Waals surface area (Å²) in [6, 6.07) is 3.71. The molecule has 0 unspecified atom stereocenters. The Morgan fingerprint density at radius 1 is 1.48 bits per heavy atom. The first-order chi connectivity index (χ1) is 10.2. The van der Waals surface area contributed by atoms with E-state index in [9.17, 15) is 4.79 Å². The van der Waals surface area contributed by atoms with Gasteiger partial charge in [0.1, 0.15) is 23.2 Å². The fourth-order valence-corrected chi connectivity index (χ4v) is 3.22. The van der Waals surface area contributed by atoms with Gasteiger partial charge in [0.05, 0.1) is 13.3 Å². The minimum Gasteiger partial charge on any atom is -0.495 e. The molecule has 0 saturated carbocycles. The second kappa shape index (κ2) is 5.34. The molecule has 6 nitrogen and oxygen atoms in total. The van der Waals surface area contributed by atoms with E-state index in [1.54, 1.807) is 11.0 Å². The van der Waals surface area contributed by atoms with E-state index in [1.165, 1.54) is 13.3 Å². The van der Waals surface area contributed by atoms with E-state index < -0.39 is 0 Å². The van der Waals surface area contributed by atoms with E-state index in [0.29, 0.717) is 30.1 Å². The third kappa shape index (κ3) is 2.45. The number of aromatic nitrogens is 1. The lowest BCUT2D eigenvalue weighted by molar-refractivity contribution is -0.118. The van der Waals surface area contributed by atoms with Crippen LogP contribution in [0.5, 0.6) is 5.75 Å². The smallest absolute Gasteiger partial charge is 0.228 e. The second-order valence-corrected chi connectivity index (χ2v) is 5.76. The van der Waals surface area contributed by atoms with Crippen LogP contribution in [-0.4, -0.2) is 37.6 Å². The summed E-state index contributed by atoms with van der Waals surface area (Å²) in [6.07, 6.45) is 4.08. The molecular weight excluding hydrogens is 268 g/mol. The molecule has 0 bridgehead atoms. The fraction of sp³-hybridized carbons (Fsp3) is 0.533. The van der Waals surface area contributed by atoms with Gasteiger partial charge in [-0.05, 0) is 31.3 Å². The minimum absolute atomic E-state index is 0.0746. The molecule has 21 heavy (non-hydrogen) atoms. The number of hydrogen-bond donors (Lipinski definition) is 1. The quantitative estimate of drug-likeness (QED) is 0.879. The van der Waals surface area contributed by atoms with Crippen molar-refractivity contribution < 1.29 is 9.53 Å². The molecule has 2 aliphatic rings. The van der Waals surface area contributed by atoms with Crippen LogP contribution in [0.1, 0.15) is 24.8 Å². The molecule has 6 heteroatoms. The number of hydrogen-bond acceptors (Lipinski definition) is 5. The SMILES string of the molecule is COc1cc(N2CC3(CCNCC3)CC2=O)ncc1C#N. The minimum atomic E-state index is 0.0746. The van der Waals surface area contributed by atoms with Crippen LogP contribution < -0.4 is 15.0 Å². The van der Waals surface area contributed by atoms with E-state index in [0.717, 1.165) is 25.9 Å². The van der Waals surface area contributed by atoms with Gasteiger partial charge in [0.15, 0.2) is 0 Å². The lowest BCUT2D eigenvalue weighted by Gasteiger charge is -2.32. The summed E-state index contributed by atoms with van der Waals surface area (Å²) in [5.41, 5.74) is 0.454. The largest absolute Gasteiger partial charge is 0.495 e. The number of nitrogens with zero attached hydrogens (tertiary/aromatic N) is 3. The van der Waals surface area contributed by atoms with Crippen LogP contribution in [0.4, 0.5) is 5.82 Å².